The molecule has 0 bridgehead atoms. The summed E-state index contributed by atoms with van der Waals surface area (Å²) in [5.41, 5.74) is 1.11. The molecular formula is C24H44O4. The lowest BCUT2D eigenvalue weighted by molar-refractivity contribution is -0.142. The summed E-state index contributed by atoms with van der Waals surface area (Å²) in [5, 5.41) is 0. The molecule has 4 heteroatoms. The normalized spacial score (nSPS) is 11.9. The monoisotopic (exact) mass is 396 g/mol. The molecule has 0 aliphatic heterocycles. The molecule has 0 saturated heterocycles. The van der Waals surface area contributed by atoms with E-state index in [-0.39, 0.29) is 11.9 Å². The van der Waals surface area contributed by atoms with Crippen LogP contribution in [0.25, 0.3) is 0 Å². The molecule has 0 atom stereocenters. The Kier molecular flexibility index (Phi) is 18.1. The Labute approximate surface area is 173 Å². The maximum atomic E-state index is 12.7. The molecule has 0 unspecified atom stereocenters. The van der Waals surface area contributed by atoms with E-state index in [0.29, 0.717) is 37.2 Å². The van der Waals surface area contributed by atoms with Crippen molar-refractivity contribution in [3.8, 4) is 0 Å². The fourth-order valence-corrected chi connectivity index (χ4v) is 2.98. The maximum absolute atomic E-state index is 12.7. The highest BCUT2D eigenvalue weighted by Crippen LogP contribution is 2.22. The quantitative estimate of drug-likeness (QED) is 0.143. The largest absolute Gasteiger partial charge is 0.462 e. The number of esters is 2. The molecule has 0 N–H and O–H groups in total. The van der Waals surface area contributed by atoms with E-state index in [9.17, 15) is 9.59 Å². The first-order valence-electron chi connectivity index (χ1n) is 11.7. The molecule has 164 valence electrons. The number of ether oxygens (including phenoxy) is 2. The average Bonchev–Trinajstić information content (AvgIpc) is 2.69. The third-order valence-electron chi connectivity index (χ3n) is 4.88. The first-order valence-corrected chi connectivity index (χ1v) is 11.7. The highest BCUT2D eigenvalue weighted by molar-refractivity contribution is 6.00. The predicted octanol–water partition coefficient (Wildman–Crippen LogP) is 6.91. The van der Waals surface area contributed by atoms with Crippen LogP contribution in [-0.4, -0.2) is 25.2 Å². The van der Waals surface area contributed by atoms with E-state index in [1.54, 1.807) is 0 Å². The minimum Gasteiger partial charge on any atom is -0.462 e. The topological polar surface area (TPSA) is 52.6 Å². The molecule has 0 amide bonds. The van der Waals surface area contributed by atoms with Gasteiger partial charge in [-0.05, 0) is 38.5 Å². The van der Waals surface area contributed by atoms with Crippen LogP contribution in [0.15, 0.2) is 11.1 Å². The zero-order valence-electron chi connectivity index (χ0n) is 18.9. The highest BCUT2D eigenvalue weighted by Gasteiger charge is 2.22. The molecule has 0 aliphatic carbocycles. The third-order valence-corrected chi connectivity index (χ3v) is 4.88. The number of rotatable bonds is 18. The second kappa shape index (κ2) is 19.0. The van der Waals surface area contributed by atoms with Crippen molar-refractivity contribution in [2.45, 2.75) is 118 Å². The number of hydrogen-bond acceptors (Lipinski definition) is 4. The minimum absolute atomic E-state index is 0.319. The lowest BCUT2D eigenvalue weighted by Crippen LogP contribution is -2.18. The van der Waals surface area contributed by atoms with E-state index >= 15 is 0 Å². The van der Waals surface area contributed by atoms with E-state index in [4.69, 9.17) is 9.47 Å². The van der Waals surface area contributed by atoms with Gasteiger partial charge in [0.2, 0.25) is 0 Å². The Morgan fingerprint density at radius 1 is 0.500 bits per heavy atom. The number of carbonyl (C=O) groups is 2. The standard InChI is InChI=1S/C24H44O4/c1-5-9-13-14-15-16-18-22(24(26)28-20-12-8-4)21(17-10-6-2)23(25)27-19-11-7-3/h5-20H2,1-4H3/b22-21-. The lowest BCUT2D eigenvalue weighted by Gasteiger charge is -2.15. The Hall–Kier alpha value is -1.32. The molecule has 0 fully saturated rings. The van der Waals surface area contributed by atoms with E-state index < -0.39 is 0 Å². The zero-order chi connectivity index (χ0) is 21.0. The van der Waals surface area contributed by atoms with Gasteiger partial charge >= 0.3 is 11.9 Å². The van der Waals surface area contributed by atoms with Gasteiger partial charge in [-0.25, -0.2) is 9.59 Å². The molecule has 0 aromatic carbocycles. The second-order valence-corrected chi connectivity index (χ2v) is 7.56. The summed E-state index contributed by atoms with van der Waals surface area (Å²) in [6, 6.07) is 0. The highest BCUT2D eigenvalue weighted by atomic mass is 16.5. The van der Waals surface area contributed by atoms with Gasteiger partial charge in [0.05, 0.1) is 13.2 Å². The molecule has 28 heavy (non-hydrogen) atoms. The SMILES string of the molecule is CCCCCCCC/C(C(=O)OCCCC)=C(\CCCC)C(=O)OCCCC. The molecule has 0 aliphatic rings. The van der Waals surface area contributed by atoms with Gasteiger partial charge in [-0.15, -0.1) is 0 Å². The van der Waals surface area contributed by atoms with Crippen LogP contribution in [0.2, 0.25) is 0 Å². The van der Waals surface area contributed by atoms with Crippen molar-refractivity contribution in [3.63, 3.8) is 0 Å². The smallest absolute Gasteiger partial charge is 0.334 e. The van der Waals surface area contributed by atoms with Crippen LogP contribution < -0.4 is 0 Å². The van der Waals surface area contributed by atoms with Gasteiger partial charge in [-0.3, -0.25) is 0 Å². The fourth-order valence-electron chi connectivity index (χ4n) is 2.98. The Balaban J connectivity index is 5.19. The molecular weight excluding hydrogens is 352 g/mol. The van der Waals surface area contributed by atoms with Crippen molar-refractivity contribution in [2.75, 3.05) is 13.2 Å². The minimum atomic E-state index is -0.324. The summed E-state index contributed by atoms with van der Waals surface area (Å²) in [4.78, 5) is 25.4. The summed E-state index contributed by atoms with van der Waals surface area (Å²) in [5.74, 6) is -0.643. The first-order chi connectivity index (χ1) is 13.6. The lowest BCUT2D eigenvalue weighted by atomic mass is 9.97. The fraction of sp³-hybridized carbons (Fsp3) is 0.833. The van der Waals surface area contributed by atoms with E-state index in [1.165, 1.54) is 25.7 Å². The van der Waals surface area contributed by atoms with Crippen LogP contribution in [0.1, 0.15) is 118 Å². The van der Waals surface area contributed by atoms with Gasteiger partial charge < -0.3 is 9.47 Å². The van der Waals surface area contributed by atoms with E-state index in [0.717, 1.165) is 51.4 Å². The Bertz CT molecular complexity index is 440. The Morgan fingerprint density at radius 3 is 1.36 bits per heavy atom. The molecule has 0 radical (unpaired) electrons. The van der Waals surface area contributed by atoms with E-state index in [1.807, 2.05) is 0 Å². The van der Waals surface area contributed by atoms with Crippen LogP contribution >= 0.6 is 0 Å². The number of carbonyl (C=O) groups excluding carboxylic acids is 2. The van der Waals surface area contributed by atoms with Crippen molar-refractivity contribution >= 4 is 11.9 Å². The van der Waals surface area contributed by atoms with Gasteiger partial charge in [0.1, 0.15) is 0 Å². The Morgan fingerprint density at radius 2 is 0.893 bits per heavy atom. The van der Waals surface area contributed by atoms with Crippen LogP contribution in [0.3, 0.4) is 0 Å². The zero-order valence-corrected chi connectivity index (χ0v) is 18.9. The predicted molar refractivity (Wildman–Crippen MR) is 116 cm³/mol. The summed E-state index contributed by atoms with van der Waals surface area (Å²) in [6.45, 7) is 9.27. The molecule has 4 nitrogen and oxygen atoms in total. The van der Waals surface area contributed by atoms with E-state index in [2.05, 4.69) is 27.7 Å². The molecule has 0 rings (SSSR count). The van der Waals surface area contributed by atoms with Gasteiger partial charge in [-0.1, -0.05) is 79.1 Å². The molecule has 0 aromatic rings. The van der Waals surface area contributed by atoms with Gasteiger partial charge in [0.15, 0.2) is 0 Å². The van der Waals surface area contributed by atoms with Crippen LogP contribution in [0.5, 0.6) is 0 Å². The maximum Gasteiger partial charge on any atom is 0.334 e. The van der Waals surface area contributed by atoms with Crippen LogP contribution in [-0.2, 0) is 19.1 Å². The summed E-state index contributed by atoms with van der Waals surface area (Å²) >= 11 is 0. The molecule has 0 spiro atoms. The summed E-state index contributed by atoms with van der Waals surface area (Å²) in [7, 11) is 0. The summed E-state index contributed by atoms with van der Waals surface area (Å²) in [6.07, 6.45) is 13.6. The van der Waals surface area contributed by atoms with Crippen molar-refractivity contribution < 1.29 is 19.1 Å². The van der Waals surface area contributed by atoms with Gasteiger partial charge in [-0.2, -0.15) is 0 Å². The van der Waals surface area contributed by atoms with Gasteiger partial charge in [0.25, 0.3) is 0 Å². The number of unbranched alkanes of at least 4 members (excludes halogenated alkanes) is 8. The van der Waals surface area contributed by atoms with Crippen molar-refractivity contribution in [2.24, 2.45) is 0 Å². The molecule has 0 heterocycles. The van der Waals surface area contributed by atoms with Crippen LogP contribution in [0.4, 0.5) is 0 Å². The molecule has 0 saturated carbocycles. The van der Waals surface area contributed by atoms with Crippen molar-refractivity contribution in [1.82, 2.24) is 0 Å². The van der Waals surface area contributed by atoms with Crippen molar-refractivity contribution in [3.05, 3.63) is 11.1 Å². The number of hydrogen-bond donors (Lipinski definition) is 0. The summed E-state index contributed by atoms with van der Waals surface area (Å²) < 4.78 is 10.9. The third kappa shape index (κ3) is 13.0. The molecule has 0 aromatic heterocycles. The van der Waals surface area contributed by atoms with Gasteiger partial charge in [0, 0.05) is 11.1 Å². The average molecular weight is 397 g/mol. The first kappa shape index (κ1) is 26.7. The van der Waals surface area contributed by atoms with Crippen LogP contribution in [0, 0.1) is 0 Å². The second-order valence-electron chi connectivity index (χ2n) is 7.56. The van der Waals surface area contributed by atoms with Crippen molar-refractivity contribution in [1.29, 1.82) is 0 Å².